The molecule has 1 saturated heterocycles. The van der Waals surface area contributed by atoms with E-state index in [0.717, 1.165) is 23.2 Å². The van der Waals surface area contributed by atoms with Gasteiger partial charge in [-0.2, -0.15) is 0 Å². The van der Waals surface area contributed by atoms with Gasteiger partial charge < -0.3 is 30.2 Å². The van der Waals surface area contributed by atoms with Crippen LogP contribution in [0.25, 0.3) is 0 Å². The molecule has 3 atom stereocenters. The number of hydrogen-bond donors (Lipinski definition) is 4. The van der Waals surface area contributed by atoms with Gasteiger partial charge in [-0.15, -0.1) is 0 Å². The number of aliphatic carboxylic acids is 1. The highest BCUT2D eigenvalue weighted by atomic mass is 28.4. The quantitative estimate of drug-likeness (QED) is 0.511. The first-order valence-corrected chi connectivity index (χ1v) is 13.3. The summed E-state index contributed by atoms with van der Waals surface area (Å²) in [6.07, 6.45) is 0.892. The summed E-state index contributed by atoms with van der Waals surface area (Å²) in [6.45, 7) is 11.7. The lowest BCUT2D eigenvalue weighted by Gasteiger charge is -2.47. The number of anilines is 1. The van der Waals surface area contributed by atoms with Gasteiger partial charge in [0.05, 0.1) is 24.9 Å². The van der Waals surface area contributed by atoms with Crippen molar-refractivity contribution in [1.29, 1.82) is 0 Å². The predicted octanol–water partition coefficient (Wildman–Crippen LogP) is 3.22. The zero-order chi connectivity index (χ0) is 22.1. The summed E-state index contributed by atoms with van der Waals surface area (Å²) >= 11 is 0. The average Bonchev–Trinajstić information content (AvgIpc) is 2.66. The number of nitrogens with one attached hydrogen (secondary N) is 3. The van der Waals surface area contributed by atoms with E-state index in [1.807, 2.05) is 18.2 Å². The Balaban J connectivity index is 1.63. The van der Waals surface area contributed by atoms with Crippen LogP contribution in [0.3, 0.4) is 0 Å². The topological polar surface area (TPSA) is 109 Å². The molecule has 3 rings (SSSR count). The lowest BCUT2D eigenvalue weighted by Crippen LogP contribution is -2.54. The first-order chi connectivity index (χ1) is 14.0. The van der Waals surface area contributed by atoms with E-state index < -0.39 is 26.9 Å². The average molecular weight is 436 g/mol. The van der Waals surface area contributed by atoms with Crippen molar-refractivity contribution in [3.63, 3.8) is 0 Å². The molecular weight excluding hydrogens is 402 g/mol. The van der Waals surface area contributed by atoms with Crippen LogP contribution in [0.1, 0.15) is 44.4 Å². The first-order valence-electron chi connectivity index (χ1n) is 10.4. The van der Waals surface area contributed by atoms with Crippen molar-refractivity contribution in [3.8, 4) is 0 Å². The Morgan fingerprint density at radius 3 is 2.70 bits per heavy atom. The summed E-state index contributed by atoms with van der Waals surface area (Å²) in [5.74, 6) is -1.08. The van der Waals surface area contributed by atoms with E-state index in [2.05, 4.69) is 49.8 Å². The van der Waals surface area contributed by atoms with Gasteiger partial charge in [0.2, 0.25) is 0 Å². The molecule has 2 aliphatic rings. The Hall–Kier alpha value is -2.10. The molecule has 0 saturated carbocycles. The maximum Gasteiger partial charge on any atom is 0.323 e. The highest BCUT2D eigenvalue weighted by Crippen LogP contribution is 2.43. The lowest BCUT2D eigenvalue weighted by atomic mass is 9.89. The fourth-order valence-electron chi connectivity index (χ4n) is 3.54. The van der Waals surface area contributed by atoms with E-state index in [0.29, 0.717) is 13.2 Å². The fraction of sp³-hybridized carbons (Fsp3) is 0.619. The molecule has 4 N–H and O–H groups in total. The van der Waals surface area contributed by atoms with Gasteiger partial charge in [0, 0.05) is 24.2 Å². The monoisotopic (exact) mass is 435 g/mol. The molecule has 2 amide bonds. The summed E-state index contributed by atoms with van der Waals surface area (Å²) in [5.41, 5.74) is 3.06. The van der Waals surface area contributed by atoms with Gasteiger partial charge in [-0.05, 0) is 35.8 Å². The molecule has 30 heavy (non-hydrogen) atoms. The summed E-state index contributed by atoms with van der Waals surface area (Å²) in [4.78, 5) is 22.2. The number of fused-ring (bicyclic) bond motifs is 4. The maximum absolute atomic E-state index is 11.7. The highest BCUT2D eigenvalue weighted by Gasteiger charge is 2.44. The van der Waals surface area contributed by atoms with E-state index in [-0.39, 0.29) is 23.3 Å². The van der Waals surface area contributed by atoms with Crippen molar-refractivity contribution >= 4 is 26.0 Å². The number of ether oxygens (including phenoxy) is 1. The molecule has 2 heterocycles. The molecule has 2 aliphatic heterocycles. The van der Waals surface area contributed by atoms with Gasteiger partial charge in [-0.3, -0.25) is 4.79 Å². The number of hydrogen-bond acceptors (Lipinski definition) is 5. The number of carbonyl (C=O) groups is 2. The van der Waals surface area contributed by atoms with Crippen molar-refractivity contribution in [3.05, 3.63) is 29.3 Å². The number of urea groups is 1. The summed E-state index contributed by atoms with van der Waals surface area (Å²) in [7, 11) is -1.89. The standard InChI is InChI=1S/C21H33N3O5Si/c1-21(2,3)30(4,5)29-18-12-28-17-9-16(18)24-15-7-6-13(8-14(15)17)10-22-20(27)23-11-19(25)26/h6-8,16-18,24H,9-12H2,1-5H3,(H,25,26)(H2,22,23,27)/t16-,17-,18-/m1/s1. The van der Waals surface area contributed by atoms with E-state index >= 15 is 0 Å². The minimum absolute atomic E-state index is 0.00584. The smallest absolute Gasteiger partial charge is 0.323 e. The molecule has 0 radical (unpaired) electrons. The normalized spacial score (nSPS) is 23.2. The summed E-state index contributed by atoms with van der Waals surface area (Å²) in [6, 6.07) is 5.71. The van der Waals surface area contributed by atoms with Crippen LogP contribution < -0.4 is 16.0 Å². The molecule has 0 spiro atoms. The third-order valence-corrected chi connectivity index (χ3v) is 10.8. The van der Waals surface area contributed by atoms with E-state index in [9.17, 15) is 9.59 Å². The van der Waals surface area contributed by atoms with Crippen LogP contribution in [0.2, 0.25) is 18.1 Å². The van der Waals surface area contributed by atoms with Crippen LogP contribution in [0.15, 0.2) is 18.2 Å². The second kappa shape index (κ2) is 8.56. The van der Waals surface area contributed by atoms with Crippen molar-refractivity contribution in [1.82, 2.24) is 10.6 Å². The van der Waals surface area contributed by atoms with E-state index in [4.69, 9.17) is 14.3 Å². The maximum atomic E-state index is 11.7. The second-order valence-electron chi connectivity index (χ2n) is 9.58. The minimum Gasteiger partial charge on any atom is -0.480 e. The molecule has 1 fully saturated rings. The molecule has 2 bridgehead atoms. The molecule has 8 nitrogen and oxygen atoms in total. The second-order valence-corrected chi connectivity index (χ2v) is 14.3. The SMILES string of the molecule is CC(C)(C)[Si](C)(C)O[C@@H]1CO[C@@H]2C[C@H]1Nc1ccc(CNC(=O)NCC(=O)O)cc12. The number of carbonyl (C=O) groups excluding carboxylic acids is 1. The summed E-state index contributed by atoms with van der Waals surface area (Å²) < 4.78 is 12.8. The zero-order valence-corrected chi connectivity index (χ0v) is 19.4. The van der Waals surface area contributed by atoms with Gasteiger partial charge >= 0.3 is 12.0 Å². The van der Waals surface area contributed by atoms with E-state index in [1.165, 1.54) is 0 Å². The molecule has 1 aromatic carbocycles. The largest absolute Gasteiger partial charge is 0.480 e. The molecule has 0 unspecified atom stereocenters. The fourth-order valence-corrected chi connectivity index (χ4v) is 4.88. The first kappa shape index (κ1) is 22.6. The van der Waals surface area contributed by atoms with Crippen LogP contribution in [0.5, 0.6) is 0 Å². The van der Waals surface area contributed by atoms with Gasteiger partial charge in [0.25, 0.3) is 0 Å². The van der Waals surface area contributed by atoms with Gasteiger partial charge in [-0.1, -0.05) is 26.8 Å². The Kier molecular flexibility index (Phi) is 6.44. The van der Waals surface area contributed by atoms with Crippen LogP contribution in [0, 0.1) is 0 Å². The van der Waals surface area contributed by atoms with Crippen LogP contribution in [0.4, 0.5) is 10.5 Å². The third-order valence-electron chi connectivity index (χ3n) is 6.29. The Labute approximate surface area is 178 Å². The van der Waals surface area contributed by atoms with Crippen molar-refractivity contribution in [2.45, 2.75) is 70.1 Å². The molecule has 166 valence electrons. The van der Waals surface area contributed by atoms with Crippen LogP contribution in [-0.2, 0) is 20.5 Å². The van der Waals surface area contributed by atoms with Crippen molar-refractivity contribution in [2.75, 3.05) is 18.5 Å². The summed E-state index contributed by atoms with van der Waals surface area (Å²) in [5, 5.41) is 17.4. The molecule has 0 aromatic heterocycles. The molecule has 0 aliphatic carbocycles. The van der Waals surface area contributed by atoms with Crippen LogP contribution in [-0.4, -0.2) is 50.7 Å². The van der Waals surface area contributed by atoms with Crippen molar-refractivity contribution in [2.24, 2.45) is 0 Å². The molecule has 9 heteroatoms. The lowest BCUT2D eigenvalue weighted by molar-refractivity contribution is -0.135. The van der Waals surface area contributed by atoms with Crippen LogP contribution >= 0.6 is 0 Å². The number of carboxylic acid groups (broad SMARTS) is 1. The number of rotatable bonds is 6. The number of benzene rings is 1. The number of amides is 2. The van der Waals surface area contributed by atoms with E-state index in [1.54, 1.807) is 0 Å². The Morgan fingerprint density at radius 2 is 2.03 bits per heavy atom. The zero-order valence-electron chi connectivity index (χ0n) is 18.4. The molecular formula is C21H33N3O5Si. The Bertz CT molecular complexity index is 808. The molecule has 1 aromatic rings. The van der Waals surface area contributed by atoms with Gasteiger partial charge in [0.1, 0.15) is 6.54 Å². The Morgan fingerprint density at radius 1 is 1.30 bits per heavy atom. The van der Waals surface area contributed by atoms with Gasteiger partial charge in [-0.25, -0.2) is 4.79 Å². The predicted molar refractivity (Wildman–Crippen MR) is 117 cm³/mol. The van der Waals surface area contributed by atoms with Crippen molar-refractivity contribution < 1.29 is 23.9 Å². The number of carboxylic acids is 1. The van der Waals surface area contributed by atoms with Gasteiger partial charge in [0.15, 0.2) is 8.32 Å². The third kappa shape index (κ3) is 5.14. The minimum atomic E-state index is -1.89. The highest BCUT2D eigenvalue weighted by molar-refractivity contribution is 6.74.